The van der Waals surface area contributed by atoms with Gasteiger partial charge >= 0.3 is 0 Å². The number of hydrogen-bond acceptors (Lipinski definition) is 5. The van der Waals surface area contributed by atoms with E-state index in [-0.39, 0.29) is 30.6 Å². The highest BCUT2D eigenvalue weighted by atomic mass is 16.8. The quantitative estimate of drug-likeness (QED) is 0.482. The summed E-state index contributed by atoms with van der Waals surface area (Å²) in [7, 11) is 0. The van der Waals surface area contributed by atoms with Crippen molar-refractivity contribution in [1.29, 1.82) is 0 Å². The fraction of sp³-hybridized carbons (Fsp3) is 1.00. The Morgan fingerprint density at radius 1 is 0.885 bits per heavy atom. The van der Waals surface area contributed by atoms with Gasteiger partial charge in [-0.2, -0.15) is 0 Å². The van der Waals surface area contributed by atoms with E-state index in [0.717, 1.165) is 6.42 Å². The van der Waals surface area contributed by atoms with Gasteiger partial charge in [0.25, 0.3) is 0 Å². The summed E-state index contributed by atoms with van der Waals surface area (Å²) in [5.74, 6) is -0.592. The van der Waals surface area contributed by atoms with Crippen LogP contribution in [0.1, 0.15) is 91.9 Å². The molecule has 0 bridgehead atoms. The molecular weight excluding hydrogens is 330 g/mol. The van der Waals surface area contributed by atoms with Crippen LogP contribution in [0.25, 0.3) is 0 Å². The predicted octanol–water partition coefficient (Wildman–Crippen LogP) is 4.52. The first kappa shape index (κ1) is 22.1. The van der Waals surface area contributed by atoms with Crippen molar-refractivity contribution in [2.24, 2.45) is 5.73 Å². The second-order valence-electron chi connectivity index (χ2n) is 8.45. The molecule has 2 N–H and O–H groups in total. The zero-order valence-electron chi connectivity index (χ0n) is 17.4. The van der Waals surface area contributed by atoms with Crippen molar-refractivity contribution in [3.8, 4) is 0 Å². The standard InChI is InChI=1S/C21H41NO4/c1-5-6-7-8-9-10-11-12-13-14-15-23-20-19-18(17(24-20)16(2)22)25-21(3,4)26-19/h16-20H,5-15,22H2,1-4H3/t16-,17+,18-,19-,20-/m0/s1. The molecule has 0 spiro atoms. The molecule has 2 rings (SSSR count). The van der Waals surface area contributed by atoms with E-state index in [1.807, 2.05) is 20.8 Å². The normalized spacial score (nSPS) is 31.3. The lowest BCUT2D eigenvalue weighted by Gasteiger charge is -2.25. The lowest BCUT2D eigenvalue weighted by molar-refractivity contribution is -0.235. The fourth-order valence-electron chi connectivity index (χ4n) is 3.94. The SMILES string of the molecule is CCCCCCCCCCCCO[C@H]1O[C@H]([C@H](C)N)[C@@H]2OC(C)(C)O[C@H]12. The third-order valence-electron chi connectivity index (χ3n) is 5.35. The minimum Gasteiger partial charge on any atom is -0.350 e. The van der Waals surface area contributed by atoms with Crippen molar-refractivity contribution in [3.63, 3.8) is 0 Å². The van der Waals surface area contributed by atoms with Gasteiger partial charge in [0, 0.05) is 12.6 Å². The van der Waals surface area contributed by atoms with Gasteiger partial charge in [-0.05, 0) is 27.2 Å². The maximum Gasteiger partial charge on any atom is 0.187 e. The van der Waals surface area contributed by atoms with E-state index in [1.54, 1.807) is 0 Å². The third-order valence-corrected chi connectivity index (χ3v) is 5.35. The van der Waals surface area contributed by atoms with Crippen molar-refractivity contribution in [2.75, 3.05) is 6.61 Å². The van der Waals surface area contributed by atoms with Gasteiger partial charge in [-0.1, -0.05) is 64.7 Å². The van der Waals surface area contributed by atoms with Crippen LogP contribution in [0, 0.1) is 0 Å². The topological polar surface area (TPSA) is 62.9 Å². The maximum atomic E-state index is 6.05. The molecule has 5 atom stereocenters. The minimum absolute atomic E-state index is 0.106. The second-order valence-corrected chi connectivity index (χ2v) is 8.45. The highest BCUT2D eigenvalue weighted by molar-refractivity contribution is 4.98. The number of hydrogen-bond donors (Lipinski definition) is 1. The molecule has 2 saturated heterocycles. The maximum absolute atomic E-state index is 6.05. The van der Waals surface area contributed by atoms with E-state index in [4.69, 9.17) is 24.7 Å². The van der Waals surface area contributed by atoms with Crippen molar-refractivity contribution in [1.82, 2.24) is 0 Å². The van der Waals surface area contributed by atoms with Crippen LogP contribution in [-0.2, 0) is 18.9 Å². The average molecular weight is 372 g/mol. The molecule has 2 heterocycles. The van der Waals surface area contributed by atoms with E-state index in [2.05, 4.69) is 6.92 Å². The Morgan fingerprint density at radius 2 is 1.42 bits per heavy atom. The Morgan fingerprint density at radius 3 is 2.00 bits per heavy atom. The predicted molar refractivity (Wildman–Crippen MR) is 104 cm³/mol. The molecule has 0 aromatic heterocycles. The van der Waals surface area contributed by atoms with Gasteiger partial charge in [0.2, 0.25) is 0 Å². The number of nitrogens with two attached hydrogens (primary N) is 1. The van der Waals surface area contributed by atoms with Crippen molar-refractivity contribution >= 4 is 0 Å². The van der Waals surface area contributed by atoms with Crippen LogP contribution in [0.5, 0.6) is 0 Å². The molecule has 5 nitrogen and oxygen atoms in total. The van der Waals surface area contributed by atoms with Crippen molar-refractivity contribution in [3.05, 3.63) is 0 Å². The first-order valence-electron chi connectivity index (χ1n) is 10.8. The summed E-state index contributed by atoms with van der Waals surface area (Å²) in [6.07, 6.45) is 12.4. The highest BCUT2D eigenvalue weighted by Gasteiger charge is 2.56. The number of fused-ring (bicyclic) bond motifs is 1. The molecule has 0 saturated carbocycles. The van der Waals surface area contributed by atoms with Crippen LogP contribution in [0.4, 0.5) is 0 Å². The molecule has 2 aliphatic rings. The van der Waals surface area contributed by atoms with Crippen LogP contribution < -0.4 is 5.73 Å². The Labute approximate surface area is 160 Å². The van der Waals surface area contributed by atoms with Crippen LogP contribution in [0.15, 0.2) is 0 Å². The van der Waals surface area contributed by atoms with Crippen molar-refractivity contribution < 1.29 is 18.9 Å². The molecule has 0 unspecified atom stereocenters. The summed E-state index contributed by atoms with van der Waals surface area (Å²) in [6.45, 7) is 8.79. The third kappa shape index (κ3) is 6.75. The van der Waals surface area contributed by atoms with Crippen LogP contribution in [0.3, 0.4) is 0 Å². The van der Waals surface area contributed by atoms with Gasteiger partial charge in [0.05, 0.1) is 0 Å². The molecule has 0 amide bonds. The largest absolute Gasteiger partial charge is 0.350 e. The van der Waals surface area contributed by atoms with Gasteiger partial charge in [-0.25, -0.2) is 0 Å². The monoisotopic (exact) mass is 371 g/mol. The summed E-state index contributed by atoms with van der Waals surface area (Å²) >= 11 is 0. The minimum atomic E-state index is -0.592. The fourth-order valence-corrected chi connectivity index (χ4v) is 3.94. The van der Waals surface area contributed by atoms with Gasteiger partial charge in [0.15, 0.2) is 12.1 Å². The molecule has 26 heavy (non-hydrogen) atoms. The first-order chi connectivity index (χ1) is 12.4. The summed E-state index contributed by atoms with van der Waals surface area (Å²) in [5, 5.41) is 0. The molecule has 2 aliphatic heterocycles. The Bertz CT molecular complexity index is 388. The van der Waals surface area contributed by atoms with Crippen LogP contribution >= 0.6 is 0 Å². The molecule has 154 valence electrons. The lowest BCUT2D eigenvalue weighted by Crippen LogP contribution is -2.41. The highest BCUT2D eigenvalue weighted by Crippen LogP contribution is 2.39. The number of rotatable bonds is 13. The van der Waals surface area contributed by atoms with E-state index in [0.29, 0.717) is 6.61 Å². The lowest BCUT2D eigenvalue weighted by atomic mass is 10.1. The summed E-state index contributed by atoms with van der Waals surface area (Å²) < 4.78 is 23.9. The molecule has 0 aromatic rings. The second kappa shape index (κ2) is 11.0. The summed E-state index contributed by atoms with van der Waals surface area (Å²) in [5.41, 5.74) is 6.05. The molecule has 0 radical (unpaired) electrons. The number of ether oxygens (including phenoxy) is 4. The van der Waals surface area contributed by atoms with Gasteiger partial charge < -0.3 is 24.7 Å². The summed E-state index contributed by atoms with van der Waals surface area (Å²) in [6, 6.07) is -0.106. The molecule has 5 heteroatoms. The first-order valence-corrected chi connectivity index (χ1v) is 10.8. The zero-order valence-corrected chi connectivity index (χ0v) is 17.4. The van der Waals surface area contributed by atoms with Crippen LogP contribution in [-0.4, -0.2) is 43.0 Å². The van der Waals surface area contributed by atoms with E-state index >= 15 is 0 Å². The molecule has 2 fully saturated rings. The molecule has 0 aliphatic carbocycles. The Balaban J connectivity index is 1.55. The van der Waals surface area contributed by atoms with E-state index in [1.165, 1.54) is 57.8 Å². The molecular formula is C21H41NO4. The van der Waals surface area contributed by atoms with Gasteiger partial charge in [-0.3, -0.25) is 0 Å². The zero-order chi connectivity index (χ0) is 19.0. The van der Waals surface area contributed by atoms with Crippen molar-refractivity contribution in [2.45, 2.75) is 128 Å². The Kier molecular flexibility index (Phi) is 9.31. The van der Waals surface area contributed by atoms with E-state index < -0.39 is 5.79 Å². The Hall–Kier alpha value is -0.200. The average Bonchev–Trinajstić information content (AvgIpc) is 3.06. The van der Waals surface area contributed by atoms with Crippen LogP contribution in [0.2, 0.25) is 0 Å². The van der Waals surface area contributed by atoms with Gasteiger partial charge in [-0.15, -0.1) is 0 Å². The van der Waals surface area contributed by atoms with E-state index in [9.17, 15) is 0 Å². The number of unbranched alkanes of at least 4 members (excludes halogenated alkanes) is 9. The summed E-state index contributed by atoms with van der Waals surface area (Å²) in [4.78, 5) is 0. The van der Waals surface area contributed by atoms with Gasteiger partial charge in [0.1, 0.15) is 18.3 Å². The molecule has 0 aromatic carbocycles. The smallest absolute Gasteiger partial charge is 0.187 e.